The van der Waals surface area contributed by atoms with Crippen molar-refractivity contribution in [1.29, 1.82) is 0 Å². The van der Waals surface area contributed by atoms with Crippen molar-refractivity contribution in [2.45, 2.75) is 33.2 Å². The number of nitrogens with zero attached hydrogens (tertiary/aromatic N) is 1. The number of rotatable bonds is 1. The zero-order valence-corrected chi connectivity index (χ0v) is 14.3. The molecule has 1 atom stereocenters. The van der Waals surface area contributed by atoms with Crippen molar-refractivity contribution in [1.82, 2.24) is 4.90 Å². The smallest absolute Gasteiger partial charge is 0.193 e. The second-order valence-electron chi connectivity index (χ2n) is 5.39. The van der Waals surface area contributed by atoms with Gasteiger partial charge in [-0.3, -0.25) is 9.59 Å². The van der Waals surface area contributed by atoms with Gasteiger partial charge in [-0.25, -0.2) is 0 Å². The molecule has 1 fully saturated rings. The highest BCUT2D eigenvalue weighted by atomic mass is 16.3. The van der Waals surface area contributed by atoms with Crippen LogP contribution in [0.15, 0.2) is 33.5 Å². The van der Waals surface area contributed by atoms with E-state index in [9.17, 15) is 9.59 Å². The van der Waals surface area contributed by atoms with Gasteiger partial charge in [0.15, 0.2) is 17.5 Å². The van der Waals surface area contributed by atoms with E-state index in [1.54, 1.807) is 12.1 Å². The molecule has 126 valence electrons. The van der Waals surface area contributed by atoms with Gasteiger partial charge >= 0.3 is 0 Å². The minimum atomic E-state index is -0.175. The molecule has 1 aromatic carbocycles. The Kier molecular flexibility index (Phi) is 7.65. The van der Waals surface area contributed by atoms with E-state index >= 15 is 0 Å². The van der Waals surface area contributed by atoms with Gasteiger partial charge in [0.25, 0.3) is 0 Å². The monoisotopic (exact) mass is 318 g/mol. The molecule has 2 aromatic rings. The Morgan fingerprint density at radius 3 is 2.52 bits per heavy atom. The van der Waals surface area contributed by atoms with E-state index in [4.69, 9.17) is 10.2 Å². The fourth-order valence-corrected chi connectivity index (χ4v) is 2.43. The van der Waals surface area contributed by atoms with Crippen LogP contribution in [0.5, 0.6) is 0 Å². The van der Waals surface area contributed by atoms with E-state index in [1.165, 1.54) is 19.0 Å². The molecule has 0 saturated carbocycles. The number of nitrogens with two attached hydrogens (primary N) is 1. The van der Waals surface area contributed by atoms with Gasteiger partial charge in [-0.2, -0.15) is 0 Å². The molecule has 23 heavy (non-hydrogen) atoms. The van der Waals surface area contributed by atoms with E-state index in [2.05, 4.69) is 11.9 Å². The number of aryl methyl sites for hydroxylation is 1. The molecule has 1 saturated heterocycles. The predicted molar refractivity (Wildman–Crippen MR) is 94.0 cm³/mol. The van der Waals surface area contributed by atoms with E-state index in [0.29, 0.717) is 23.3 Å². The molecule has 0 aliphatic carbocycles. The van der Waals surface area contributed by atoms with Crippen molar-refractivity contribution in [3.63, 3.8) is 0 Å². The minimum Gasteiger partial charge on any atom is -0.453 e. The van der Waals surface area contributed by atoms with Crippen LogP contribution in [0.1, 0.15) is 36.4 Å². The van der Waals surface area contributed by atoms with Gasteiger partial charge in [0, 0.05) is 18.7 Å². The molecule has 1 unspecified atom stereocenters. The highest BCUT2D eigenvalue weighted by molar-refractivity contribution is 5.82. The Morgan fingerprint density at radius 1 is 1.35 bits per heavy atom. The molecule has 5 heteroatoms. The Bertz CT molecular complexity index is 686. The average Bonchev–Trinajstić information content (AvgIpc) is 2.92. The fraction of sp³-hybridized carbons (Fsp3) is 0.444. The largest absolute Gasteiger partial charge is 0.453 e. The number of carbonyl (C=O) groups is 1. The first kappa shape index (κ1) is 19.1. The molecule has 0 amide bonds. The Balaban J connectivity index is 0.000000247. The summed E-state index contributed by atoms with van der Waals surface area (Å²) in [4.78, 5) is 24.3. The third kappa shape index (κ3) is 5.30. The Hall–Kier alpha value is -1.98. The van der Waals surface area contributed by atoms with Crippen LogP contribution in [0.25, 0.3) is 11.0 Å². The summed E-state index contributed by atoms with van der Waals surface area (Å²) in [5.74, 6) is 0.0631. The van der Waals surface area contributed by atoms with Crippen LogP contribution in [0.3, 0.4) is 0 Å². The number of likely N-dealkylation sites (N-methyl/N-ethyl adjacent to an activating group) is 1. The van der Waals surface area contributed by atoms with Crippen LogP contribution < -0.4 is 11.2 Å². The minimum absolute atomic E-state index is 0.0631. The molecule has 0 spiro atoms. The summed E-state index contributed by atoms with van der Waals surface area (Å²) in [6.45, 7) is 8.10. The maximum atomic E-state index is 11.6. The van der Waals surface area contributed by atoms with Crippen LogP contribution in [0.2, 0.25) is 0 Å². The number of carbonyl (C=O) groups excluding carboxylic acids is 1. The topological polar surface area (TPSA) is 76.5 Å². The van der Waals surface area contributed by atoms with Gasteiger partial charge in [0.1, 0.15) is 5.58 Å². The highest BCUT2D eigenvalue weighted by Crippen LogP contribution is 2.14. The maximum absolute atomic E-state index is 11.6. The summed E-state index contributed by atoms with van der Waals surface area (Å²) in [5.41, 5.74) is 6.72. The van der Waals surface area contributed by atoms with E-state index in [-0.39, 0.29) is 11.2 Å². The molecule has 5 nitrogen and oxygen atoms in total. The zero-order valence-electron chi connectivity index (χ0n) is 14.3. The molecule has 0 bridgehead atoms. The van der Waals surface area contributed by atoms with Gasteiger partial charge in [-0.05, 0) is 38.6 Å². The zero-order chi connectivity index (χ0) is 17.4. The number of aldehydes is 1. The predicted octanol–water partition coefficient (Wildman–Crippen LogP) is 2.59. The summed E-state index contributed by atoms with van der Waals surface area (Å²) in [7, 11) is 2.10. The van der Waals surface area contributed by atoms with Gasteiger partial charge in [0.05, 0.1) is 5.39 Å². The average molecular weight is 318 g/mol. The lowest BCUT2D eigenvalue weighted by atomic mass is 10.1. The number of hydrogen-bond acceptors (Lipinski definition) is 5. The van der Waals surface area contributed by atoms with Crippen molar-refractivity contribution >= 4 is 17.3 Å². The number of fused-ring (bicyclic) bond motifs is 1. The van der Waals surface area contributed by atoms with E-state index < -0.39 is 0 Å². The first-order valence-corrected chi connectivity index (χ1v) is 7.94. The maximum Gasteiger partial charge on any atom is 0.193 e. The van der Waals surface area contributed by atoms with Crippen molar-refractivity contribution in [2.75, 3.05) is 20.1 Å². The molecule has 2 N–H and O–H groups in total. The molecule has 2 heterocycles. The van der Waals surface area contributed by atoms with Crippen LogP contribution in [-0.4, -0.2) is 37.4 Å². The quantitative estimate of drug-likeness (QED) is 0.818. The lowest BCUT2D eigenvalue weighted by molar-refractivity contribution is 0.110. The number of benzene rings is 1. The summed E-state index contributed by atoms with van der Waals surface area (Å²) >= 11 is 0. The first-order valence-electron chi connectivity index (χ1n) is 7.94. The molecule has 0 radical (unpaired) electrons. The standard InChI is InChI=1S/C11H8O3.C5H12N2.C2H6/c1-7-3-2-4-10-11(7)9(13)5-8(6-12)14-10;1-7-3-2-5(6)4-7;1-2/h2-6H,1H3;5H,2-4,6H2,1H3;1-2H3. The number of hydrogen-bond donors (Lipinski definition) is 1. The normalized spacial score (nSPS) is 17.0. The summed E-state index contributed by atoms with van der Waals surface area (Å²) in [6.07, 6.45) is 1.71. The fourth-order valence-electron chi connectivity index (χ4n) is 2.43. The first-order chi connectivity index (χ1) is 11.0. The molecule has 3 rings (SSSR count). The van der Waals surface area contributed by atoms with Crippen LogP contribution in [-0.2, 0) is 0 Å². The third-order valence-electron chi connectivity index (χ3n) is 3.53. The van der Waals surface area contributed by atoms with Crippen molar-refractivity contribution in [3.8, 4) is 0 Å². The van der Waals surface area contributed by atoms with Crippen LogP contribution in [0, 0.1) is 6.92 Å². The lowest BCUT2D eigenvalue weighted by Gasteiger charge is -2.03. The van der Waals surface area contributed by atoms with Gasteiger partial charge < -0.3 is 15.1 Å². The second kappa shape index (κ2) is 9.22. The Morgan fingerprint density at radius 2 is 2.04 bits per heavy atom. The molecular weight excluding hydrogens is 292 g/mol. The molecular formula is C18H26N2O3. The van der Waals surface area contributed by atoms with Crippen molar-refractivity contribution < 1.29 is 9.21 Å². The van der Waals surface area contributed by atoms with E-state index in [1.807, 2.05) is 26.8 Å². The summed E-state index contributed by atoms with van der Waals surface area (Å²) in [5, 5.41) is 0.540. The van der Waals surface area contributed by atoms with Gasteiger partial charge in [-0.15, -0.1) is 0 Å². The SMILES string of the molecule is CC.CN1CCC(N)C1.Cc1cccc2oc(C=O)cc(=O)c12. The second-order valence-corrected chi connectivity index (χ2v) is 5.39. The highest BCUT2D eigenvalue weighted by Gasteiger charge is 2.13. The van der Waals surface area contributed by atoms with Crippen LogP contribution in [0.4, 0.5) is 0 Å². The molecule has 1 aliphatic rings. The number of likely N-dealkylation sites (tertiary alicyclic amines) is 1. The van der Waals surface area contributed by atoms with Crippen molar-refractivity contribution in [2.24, 2.45) is 5.73 Å². The molecule has 1 aliphatic heterocycles. The Labute approximate surface area is 137 Å². The lowest BCUT2D eigenvalue weighted by Crippen LogP contribution is -2.23. The van der Waals surface area contributed by atoms with Crippen LogP contribution >= 0.6 is 0 Å². The summed E-state index contributed by atoms with van der Waals surface area (Å²) in [6, 6.07) is 6.96. The van der Waals surface area contributed by atoms with E-state index in [0.717, 1.165) is 12.1 Å². The third-order valence-corrected chi connectivity index (χ3v) is 3.53. The van der Waals surface area contributed by atoms with Gasteiger partial charge in [-0.1, -0.05) is 26.0 Å². The summed E-state index contributed by atoms with van der Waals surface area (Å²) < 4.78 is 5.20. The van der Waals surface area contributed by atoms with Gasteiger partial charge in [0.2, 0.25) is 0 Å². The van der Waals surface area contributed by atoms with Crippen molar-refractivity contribution in [3.05, 3.63) is 45.8 Å². The molecule has 1 aromatic heterocycles.